The Labute approximate surface area is 174 Å². The van der Waals surface area contributed by atoms with Gasteiger partial charge < -0.3 is 9.47 Å². The molecule has 0 amide bonds. The summed E-state index contributed by atoms with van der Waals surface area (Å²) >= 11 is 0. The number of rotatable bonds is 19. The van der Waals surface area contributed by atoms with Crippen LogP contribution in [-0.2, 0) is 19.1 Å². The average Bonchev–Trinajstić information content (AvgIpc) is 2.67. The molecule has 0 N–H and O–H groups in total. The summed E-state index contributed by atoms with van der Waals surface area (Å²) in [4.78, 5) is 24.7. The van der Waals surface area contributed by atoms with Gasteiger partial charge in [-0.15, -0.1) is 0 Å². The number of carbonyl (C=O) groups excluding carboxylic acids is 2. The largest absolute Gasteiger partial charge is 0.458 e. The molecule has 0 spiro atoms. The SMILES string of the molecule is CCCCCC(=O)OC(CCCCC)C(CCCCC)OC(=O)CCCCC. The van der Waals surface area contributed by atoms with Crippen molar-refractivity contribution in [1.82, 2.24) is 0 Å². The van der Waals surface area contributed by atoms with Crippen LogP contribution in [0.5, 0.6) is 0 Å². The predicted molar refractivity (Wildman–Crippen MR) is 116 cm³/mol. The molecule has 4 nitrogen and oxygen atoms in total. The first-order chi connectivity index (χ1) is 13.6. The van der Waals surface area contributed by atoms with E-state index in [0.29, 0.717) is 12.8 Å². The lowest BCUT2D eigenvalue weighted by Gasteiger charge is -2.27. The van der Waals surface area contributed by atoms with Gasteiger partial charge in [0.15, 0.2) is 0 Å². The van der Waals surface area contributed by atoms with Crippen LogP contribution < -0.4 is 0 Å². The summed E-state index contributed by atoms with van der Waals surface area (Å²) in [5, 5.41) is 0. The van der Waals surface area contributed by atoms with Gasteiger partial charge in [-0.05, 0) is 38.5 Å². The van der Waals surface area contributed by atoms with Crippen molar-refractivity contribution in [3.05, 3.63) is 0 Å². The molecule has 4 heteroatoms. The van der Waals surface area contributed by atoms with E-state index >= 15 is 0 Å². The van der Waals surface area contributed by atoms with Gasteiger partial charge in [-0.1, -0.05) is 79.1 Å². The van der Waals surface area contributed by atoms with E-state index in [4.69, 9.17) is 9.47 Å². The highest BCUT2D eigenvalue weighted by atomic mass is 16.6. The summed E-state index contributed by atoms with van der Waals surface area (Å²) in [6.07, 6.45) is 14.3. The van der Waals surface area contributed by atoms with Gasteiger partial charge in [-0.3, -0.25) is 9.59 Å². The monoisotopic (exact) mass is 398 g/mol. The van der Waals surface area contributed by atoms with Crippen LogP contribution in [0.1, 0.15) is 130 Å². The van der Waals surface area contributed by atoms with E-state index in [1.54, 1.807) is 0 Å². The van der Waals surface area contributed by atoms with Crippen LogP contribution in [0.2, 0.25) is 0 Å². The molecule has 0 radical (unpaired) electrons. The van der Waals surface area contributed by atoms with Crippen molar-refractivity contribution in [3.8, 4) is 0 Å². The highest BCUT2D eigenvalue weighted by Crippen LogP contribution is 2.21. The molecule has 0 aliphatic carbocycles. The summed E-state index contributed by atoms with van der Waals surface area (Å²) in [6.45, 7) is 8.58. The van der Waals surface area contributed by atoms with Gasteiger partial charge in [-0.25, -0.2) is 0 Å². The van der Waals surface area contributed by atoms with Crippen LogP contribution in [0.4, 0.5) is 0 Å². The molecular formula is C24H46O4. The Morgan fingerprint density at radius 1 is 0.536 bits per heavy atom. The summed E-state index contributed by atoms with van der Waals surface area (Å²) in [6, 6.07) is 0. The average molecular weight is 399 g/mol. The molecule has 0 saturated carbocycles. The van der Waals surface area contributed by atoms with Crippen LogP contribution in [-0.4, -0.2) is 24.1 Å². The second kappa shape index (κ2) is 19.3. The van der Waals surface area contributed by atoms with Gasteiger partial charge in [-0.2, -0.15) is 0 Å². The van der Waals surface area contributed by atoms with Crippen LogP contribution in [0.15, 0.2) is 0 Å². The number of carbonyl (C=O) groups is 2. The van der Waals surface area contributed by atoms with E-state index in [9.17, 15) is 9.59 Å². The molecule has 0 fully saturated rings. The topological polar surface area (TPSA) is 52.6 Å². The smallest absolute Gasteiger partial charge is 0.306 e. The van der Waals surface area contributed by atoms with E-state index in [1.807, 2.05) is 0 Å². The predicted octanol–water partition coefficient (Wildman–Crippen LogP) is 7.13. The maximum absolute atomic E-state index is 12.3. The Balaban J connectivity index is 4.91. The normalized spacial score (nSPS) is 13.1. The summed E-state index contributed by atoms with van der Waals surface area (Å²) < 4.78 is 11.7. The van der Waals surface area contributed by atoms with Crippen molar-refractivity contribution >= 4 is 11.9 Å². The van der Waals surface area contributed by atoms with Crippen LogP contribution >= 0.6 is 0 Å². The molecule has 0 aromatic heterocycles. The molecule has 0 rings (SSSR count). The Kier molecular flexibility index (Phi) is 18.5. The van der Waals surface area contributed by atoms with Crippen molar-refractivity contribution in [1.29, 1.82) is 0 Å². The number of unbranched alkanes of at least 4 members (excludes halogenated alkanes) is 8. The molecule has 0 heterocycles. The minimum Gasteiger partial charge on any atom is -0.458 e. The van der Waals surface area contributed by atoms with Crippen LogP contribution in [0, 0.1) is 0 Å². The number of hydrogen-bond donors (Lipinski definition) is 0. The summed E-state index contributed by atoms with van der Waals surface area (Å²) in [7, 11) is 0. The van der Waals surface area contributed by atoms with E-state index in [1.165, 1.54) is 0 Å². The molecule has 2 unspecified atom stereocenters. The Bertz CT molecular complexity index is 345. The molecule has 166 valence electrons. The van der Waals surface area contributed by atoms with Gasteiger partial charge in [0, 0.05) is 12.8 Å². The first-order valence-corrected chi connectivity index (χ1v) is 12.0. The van der Waals surface area contributed by atoms with Gasteiger partial charge in [0.05, 0.1) is 0 Å². The zero-order chi connectivity index (χ0) is 21.0. The molecule has 0 aliphatic rings. The van der Waals surface area contributed by atoms with E-state index in [0.717, 1.165) is 89.9 Å². The molecule has 0 aromatic carbocycles. The van der Waals surface area contributed by atoms with Crippen molar-refractivity contribution < 1.29 is 19.1 Å². The minimum absolute atomic E-state index is 0.141. The maximum Gasteiger partial charge on any atom is 0.306 e. The lowest BCUT2D eigenvalue weighted by molar-refractivity contribution is -0.169. The zero-order valence-corrected chi connectivity index (χ0v) is 19.1. The fraction of sp³-hybridized carbons (Fsp3) is 0.917. The van der Waals surface area contributed by atoms with Crippen molar-refractivity contribution in [2.75, 3.05) is 0 Å². The molecule has 0 saturated heterocycles. The first-order valence-electron chi connectivity index (χ1n) is 12.0. The maximum atomic E-state index is 12.3. The summed E-state index contributed by atoms with van der Waals surface area (Å²) in [5.74, 6) is -0.282. The third-order valence-corrected chi connectivity index (χ3v) is 5.13. The number of esters is 2. The van der Waals surface area contributed by atoms with Gasteiger partial charge >= 0.3 is 11.9 Å². The third-order valence-electron chi connectivity index (χ3n) is 5.13. The number of ether oxygens (including phenoxy) is 2. The fourth-order valence-corrected chi connectivity index (χ4v) is 3.33. The van der Waals surface area contributed by atoms with E-state index in [2.05, 4.69) is 27.7 Å². The summed E-state index contributed by atoms with van der Waals surface area (Å²) in [5.41, 5.74) is 0. The Morgan fingerprint density at radius 2 is 0.857 bits per heavy atom. The van der Waals surface area contributed by atoms with Gasteiger partial charge in [0.25, 0.3) is 0 Å². The van der Waals surface area contributed by atoms with Crippen molar-refractivity contribution in [3.63, 3.8) is 0 Å². The molecule has 2 atom stereocenters. The van der Waals surface area contributed by atoms with Crippen molar-refractivity contribution in [2.24, 2.45) is 0 Å². The standard InChI is InChI=1S/C24H46O4/c1-5-9-13-17-21(27-23(25)19-15-11-7-3)22(18-14-10-6-2)28-24(26)20-16-12-8-4/h21-22H,5-20H2,1-4H3. The lowest BCUT2D eigenvalue weighted by Crippen LogP contribution is -2.35. The highest BCUT2D eigenvalue weighted by Gasteiger charge is 2.28. The minimum atomic E-state index is -0.298. The molecule has 0 bridgehead atoms. The Morgan fingerprint density at radius 3 is 1.18 bits per heavy atom. The first kappa shape index (κ1) is 26.9. The lowest BCUT2D eigenvalue weighted by atomic mass is 10.0. The zero-order valence-electron chi connectivity index (χ0n) is 19.1. The van der Waals surface area contributed by atoms with E-state index in [-0.39, 0.29) is 24.1 Å². The fourth-order valence-electron chi connectivity index (χ4n) is 3.33. The van der Waals surface area contributed by atoms with Crippen molar-refractivity contribution in [2.45, 2.75) is 143 Å². The van der Waals surface area contributed by atoms with Crippen LogP contribution in [0.25, 0.3) is 0 Å². The van der Waals surface area contributed by atoms with E-state index < -0.39 is 0 Å². The van der Waals surface area contributed by atoms with Gasteiger partial charge in [0.1, 0.15) is 12.2 Å². The third kappa shape index (κ3) is 14.9. The molecular weight excluding hydrogens is 352 g/mol. The number of hydrogen-bond acceptors (Lipinski definition) is 4. The quantitative estimate of drug-likeness (QED) is 0.171. The second-order valence-electron chi connectivity index (χ2n) is 7.96. The molecule has 28 heavy (non-hydrogen) atoms. The second-order valence-corrected chi connectivity index (χ2v) is 7.96. The Hall–Kier alpha value is -1.06. The van der Waals surface area contributed by atoms with Gasteiger partial charge in [0.2, 0.25) is 0 Å². The highest BCUT2D eigenvalue weighted by molar-refractivity contribution is 5.70. The molecule has 0 aromatic rings. The molecule has 0 aliphatic heterocycles. The van der Waals surface area contributed by atoms with Crippen LogP contribution in [0.3, 0.4) is 0 Å².